The quantitative estimate of drug-likeness (QED) is 0.738. The summed E-state index contributed by atoms with van der Waals surface area (Å²) in [7, 11) is 1.91. The van der Waals surface area contributed by atoms with Crippen molar-refractivity contribution in [3.05, 3.63) is 36.0 Å². The maximum atomic E-state index is 12.8. The Morgan fingerprint density at radius 1 is 1.35 bits per heavy atom. The molecule has 0 radical (unpaired) electrons. The number of para-hydroxylation sites is 1. The number of hydrogen-bond donors (Lipinski definition) is 0. The second-order valence-corrected chi connectivity index (χ2v) is 4.48. The van der Waals surface area contributed by atoms with Gasteiger partial charge in [-0.3, -0.25) is 4.79 Å². The van der Waals surface area contributed by atoms with Crippen LogP contribution < -0.4 is 0 Å². The molecule has 1 aliphatic heterocycles. The number of likely N-dealkylation sites (tertiary alicyclic amines) is 1. The van der Waals surface area contributed by atoms with E-state index < -0.39 is 6.17 Å². The van der Waals surface area contributed by atoms with E-state index in [0.717, 1.165) is 10.9 Å². The van der Waals surface area contributed by atoms with Gasteiger partial charge >= 0.3 is 0 Å². The number of hydrogen-bond acceptors (Lipinski definition) is 1. The first-order valence-electron chi connectivity index (χ1n) is 5.64. The number of amides is 1. The Morgan fingerprint density at radius 3 is 2.76 bits per heavy atom. The number of halogens is 1. The predicted molar refractivity (Wildman–Crippen MR) is 63.7 cm³/mol. The maximum Gasteiger partial charge on any atom is 0.256 e. The summed E-state index contributed by atoms with van der Waals surface area (Å²) < 4.78 is 14.7. The number of alkyl halides is 1. The van der Waals surface area contributed by atoms with Gasteiger partial charge in [-0.1, -0.05) is 18.2 Å². The predicted octanol–water partition coefficient (Wildman–Crippen LogP) is 1.97. The lowest BCUT2D eigenvalue weighted by atomic mass is 10.1. The van der Waals surface area contributed by atoms with Gasteiger partial charge in [0.2, 0.25) is 0 Å². The summed E-state index contributed by atoms with van der Waals surface area (Å²) in [5.74, 6) is -0.0734. The van der Waals surface area contributed by atoms with Gasteiger partial charge in [0, 0.05) is 24.1 Å². The second-order valence-electron chi connectivity index (χ2n) is 4.48. The molecule has 1 aliphatic rings. The molecule has 1 aromatic carbocycles. The van der Waals surface area contributed by atoms with Crippen LogP contribution in [0.4, 0.5) is 4.39 Å². The first-order valence-corrected chi connectivity index (χ1v) is 5.64. The number of aromatic nitrogens is 1. The smallest absolute Gasteiger partial charge is 0.256 e. The van der Waals surface area contributed by atoms with Gasteiger partial charge in [-0.25, -0.2) is 4.39 Å². The third-order valence-electron chi connectivity index (χ3n) is 3.25. The van der Waals surface area contributed by atoms with Gasteiger partial charge in [0.05, 0.1) is 18.7 Å². The number of carbonyl (C=O) groups excluding carboxylic acids is 1. The van der Waals surface area contributed by atoms with Crippen molar-refractivity contribution in [3.8, 4) is 0 Å². The molecule has 1 saturated heterocycles. The normalized spacial score (nSPS) is 16.2. The zero-order valence-electron chi connectivity index (χ0n) is 9.56. The Kier molecular flexibility index (Phi) is 2.18. The molecule has 0 unspecified atom stereocenters. The van der Waals surface area contributed by atoms with Crippen molar-refractivity contribution >= 4 is 16.8 Å². The first kappa shape index (κ1) is 10.3. The minimum atomic E-state index is -0.853. The largest absolute Gasteiger partial charge is 0.350 e. The molecule has 0 aliphatic carbocycles. The highest BCUT2D eigenvalue weighted by Crippen LogP contribution is 2.24. The van der Waals surface area contributed by atoms with Crippen molar-refractivity contribution in [2.24, 2.45) is 7.05 Å². The number of fused-ring (bicyclic) bond motifs is 1. The van der Waals surface area contributed by atoms with E-state index in [1.54, 1.807) is 4.90 Å². The van der Waals surface area contributed by atoms with Crippen LogP contribution in [0.15, 0.2) is 30.5 Å². The van der Waals surface area contributed by atoms with E-state index in [9.17, 15) is 9.18 Å². The van der Waals surface area contributed by atoms with Crippen molar-refractivity contribution in [1.29, 1.82) is 0 Å². The van der Waals surface area contributed by atoms with Crippen LogP contribution in [0, 0.1) is 0 Å². The molecule has 4 heteroatoms. The molecule has 1 fully saturated rings. The molecule has 0 N–H and O–H groups in total. The van der Waals surface area contributed by atoms with Crippen LogP contribution in [0.25, 0.3) is 10.9 Å². The lowest BCUT2D eigenvalue weighted by Gasteiger charge is -2.34. The summed E-state index contributed by atoms with van der Waals surface area (Å²) in [4.78, 5) is 13.7. The molecule has 3 nitrogen and oxygen atoms in total. The number of aryl methyl sites for hydroxylation is 1. The van der Waals surface area contributed by atoms with Gasteiger partial charge in [0.1, 0.15) is 6.17 Å². The monoisotopic (exact) mass is 232 g/mol. The Balaban J connectivity index is 2.03. The second kappa shape index (κ2) is 3.58. The highest BCUT2D eigenvalue weighted by molar-refractivity contribution is 6.07. The topological polar surface area (TPSA) is 25.2 Å². The number of benzene rings is 1. The van der Waals surface area contributed by atoms with E-state index in [0.29, 0.717) is 5.56 Å². The third-order valence-corrected chi connectivity index (χ3v) is 3.25. The standard InChI is InChI=1S/C13H13FN2O/c1-15-8-11(10-4-2-3-5-12(10)15)13(17)16-6-9(14)7-16/h2-5,8-9H,6-7H2,1H3. The molecular weight excluding hydrogens is 219 g/mol. The van der Waals surface area contributed by atoms with E-state index >= 15 is 0 Å². The van der Waals surface area contributed by atoms with Gasteiger partial charge in [-0.2, -0.15) is 0 Å². The van der Waals surface area contributed by atoms with Gasteiger partial charge in [-0.15, -0.1) is 0 Å². The Labute approximate surface area is 98.4 Å². The molecule has 17 heavy (non-hydrogen) atoms. The molecule has 2 aromatic rings. The molecule has 0 bridgehead atoms. The molecule has 0 atom stereocenters. The summed E-state index contributed by atoms with van der Waals surface area (Å²) in [6, 6.07) is 7.75. The summed E-state index contributed by atoms with van der Waals surface area (Å²) in [5, 5.41) is 0.933. The lowest BCUT2D eigenvalue weighted by molar-refractivity contribution is 0.0402. The van der Waals surface area contributed by atoms with Crippen LogP contribution in [0.5, 0.6) is 0 Å². The molecule has 88 valence electrons. The van der Waals surface area contributed by atoms with Crippen LogP contribution in [-0.4, -0.2) is 34.6 Å². The fourth-order valence-electron chi connectivity index (χ4n) is 2.27. The molecule has 3 rings (SSSR count). The third kappa shape index (κ3) is 1.52. The maximum absolute atomic E-state index is 12.8. The van der Waals surface area contributed by atoms with E-state index in [-0.39, 0.29) is 19.0 Å². The Hall–Kier alpha value is -1.84. The molecule has 0 saturated carbocycles. The van der Waals surface area contributed by atoms with Crippen molar-refractivity contribution < 1.29 is 9.18 Å². The number of rotatable bonds is 1. The summed E-state index contributed by atoms with van der Waals surface area (Å²) in [6.07, 6.45) is 0.965. The SMILES string of the molecule is Cn1cc(C(=O)N2CC(F)C2)c2ccccc21. The van der Waals surface area contributed by atoms with Gasteiger partial charge in [-0.05, 0) is 6.07 Å². The average Bonchev–Trinajstić information content (AvgIpc) is 2.63. The molecule has 1 amide bonds. The first-order chi connectivity index (χ1) is 8.16. The van der Waals surface area contributed by atoms with E-state index in [4.69, 9.17) is 0 Å². The molecular formula is C13H13FN2O. The van der Waals surface area contributed by atoms with Gasteiger partial charge in [0.15, 0.2) is 0 Å². The van der Waals surface area contributed by atoms with Crippen molar-refractivity contribution in [1.82, 2.24) is 9.47 Å². The van der Waals surface area contributed by atoms with Gasteiger partial charge < -0.3 is 9.47 Å². The zero-order valence-corrected chi connectivity index (χ0v) is 9.56. The molecule has 2 heterocycles. The summed E-state index contributed by atoms with van der Waals surface area (Å²) in [6.45, 7) is 0.449. The minimum absolute atomic E-state index is 0.0734. The molecule has 0 spiro atoms. The van der Waals surface area contributed by atoms with Crippen LogP contribution in [0.3, 0.4) is 0 Å². The summed E-state index contributed by atoms with van der Waals surface area (Å²) >= 11 is 0. The van der Waals surface area contributed by atoms with E-state index in [1.165, 1.54) is 0 Å². The fourth-order valence-corrected chi connectivity index (χ4v) is 2.27. The van der Waals surface area contributed by atoms with Crippen molar-refractivity contribution in [3.63, 3.8) is 0 Å². The minimum Gasteiger partial charge on any atom is -0.350 e. The van der Waals surface area contributed by atoms with Crippen LogP contribution >= 0.6 is 0 Å². The lowest BCUT2D eigenvalue weighted by Crippen LogP contribution is -2.51. The fraction of sp³-hybridized carbons (Fsp3) is 0.308. The highest BCUT2D eigenvalue weighted by Gasteiger charge is 2.32. The Bertz CT molecular complexity index is 584. The van der Waals surface area contributed by atoms with E-state index in [2.05, 4.69) is 0 Å². The van der Waals surface area contributed by atoms with Crippen molar-refractivity contribution in [2.45, 2.75) is 6.17 Å². The molecule has 1 aromatic heterocycles. The Morgan fingerprint density at radius 2 is 2.06 bits per heavy atom. The van der Waals surface area contributed by atoms with Crippen LogP contribution in [-0.2, 0) is 7.05 Å². The number of carbonyl (C=O) groups is 1. The summed E-state index contributed by atoms with van der Waals surface area (Å²) in [5.41, 5.74) is 1.68. The average molecular weight is 232 g/mol. The van der Waals surface area contributed by atoms with Gasteiger partial charge in [0.25, 0.3) is 5.91 Å². The number of nitrogens with zero attached hydrogens (tertiary/aromatic N) is 2. The van der Waals surface area contributed by atoms with E-state index in [1.807, 2.05) is 42.1 Å². The highest BCUT2D eigenvalue weighted by atomic mass is 19.1. The van der Waals surface area contributed by atoms with Crippen LogP contribution in [0.2, 0.25) is 0 Å². The van der Waals surface area contributed by atoms with Crippen molar-refractivity contribution in [2.75, 3.05) is 13.1 Å². The van der Waals surface area contributed by atoms with Crippen LogP contribution in [0.1, 0.15) is 10.4 Å². The zero-order chi connectivity index (χ0) is 12.0.